The van der Waals surface area contributed by atoms with E-state index in [1.165, 1.54) is 18.8 Å². The Hall–Kier alpha value is -2.13. The number of hydrogen-bond donors (Lipinski definition) is 2. The highest BCUT2D eigenvalue weighted by atomic mass is 79.9. The lowest BCUT2D eigenvalue weighted by Crippen LogP contribution is -2.38. The third-order valence-electron chi connectivity index (χ3n) is 2.94. The van der Waals surface area contributed by atoms with Gasteiger partial charge in [0.2, 0.25) is 5.91 Å². The summed E-state index contributed by atoms with van der Waals surface area (Å²) in [6.07, 6.45) is 1.74. The Kier molecular flexibility index (Phi) is 6.56. The van der Waals surface area contributed by atoms with Gasteiger partial charge in [-0.1, -0.05) is 45.9 Å². The van der Waals surface area contributed by atoms with Crippen molar-refractivity contribution in [2.24, 2.45) is 0 Å². The van der Waals surface area contributed by atoms with Gasteiger partial charge >= 0.3 is 6.03 Å². The van der Waals surface area contributed by atoms with Gasteiger partial charge in [-0.25, -0.2) is 4.79 Å². The number of benzene rings is 1. The van der Waals surface area contributed by atoms with Crippen LogP contribution in [0.2, 0.25) is 0 Å². The molecule has 2 rings (SSSR count). The van der Waals surface area contributed by atoms with E-state index in [4.69, 9.17) is 0 Å². The van der Waals surface area contributed by atoms with Crippen molar-refractivity contribution in [3.8, 4) is 11.4 Å². The third-order valence-corrected chi connectivity index (χ3v) is 4.44. The number of imide groups is 1. The maximum absolute atomic E-state index is 11.7. The first-order valence-electron chi connectivity index (χ1n) is 6.99. The van der Waals surface area contributed by atoms with Gasteiger partial charge in [-0.15, -0.1) is 16.8 Å². The first-order valence-corrected chi connectivity index (χ1v) is 8.77. The van der Waals surface area contributed by atoms with Gasteiger partial charge in [0.15, 0.2) is 11.0 Å². The SMILES string of the molecule is C=CCn1c(SCC(=O)NC(=O)NC)nnc1-c1ccc(Br)cc1. The van der Waals surface area contributed by atoms with Crippen LogP contribution in [0.3, 0.4) is 0 Å². The van der Waals surface area contributed by atoms with Crippen molar-refractivity contribution in [2.45, 2.75) is 11.7 Å². The predicted molar refractivity (Wildman–Crippen MR) is 96.7 cm³/mol. The molecule has 1 heterocycles. The van der Waals surface area contributed by atoms with Crippen molar-refractivity contribution in [1.82, 2.24) is 25.4 Å². The molecule has 9 heteroatoms. The van der Waals surface area contributed by atoms with Crippen LogP contribution in [0.5, 0.6) is 0 Å². The topological polar surface area (TPSA) is 88.9 Å². The molecule has 2 aromatic rings. The minimum absolute atomic E-state index is 0.0586. The van der Waals surface area contributed by atoms with Gasteiger partial charge in [0, 0.05) is 23.6 Å². The van der Waals surface area contributed by atoms with Gasteiger partial charge in [-0.05, 0) is 12.1 Å². The molecule has 0 radical (unpaired) electrons. The lowest BCUT2D eigenvalue weighted by atomic mass is 10.2. The molecule has 0 saturated carbocycles. The monoisotopic (exact) mass is 409 g/mol. The second-order valence-electron chi connectivity index (χ2n) is 4.63. The van der Waals surface area contributed by atoms with E-state index >= 15 is 0 Å². The van der Waals surface area contributed by atoms with Gasteiger partial charge in [0.05, 0.1) is 5.75 Å². The number of carbonyl (C=O) groups is 2. The highest BCUT2D eigenvalue weighted by molar-refractivity contribution is 9.10. The van der Waals surface area contributed by atoms with Gasteiger partial charge in [-0.2, -0.15) is 0 Å². The van der Waals surface area contributed by atoms with Crippen LogP contribution < -0.4 is 10.6 Å². The van der Waals surface area contributed by atoms with E-state index < -0.39 is 11.9 Å². The maximum atomic E-state index is 11.7. The van der Waals surface area contributed by atoms with Crippen LogP contribution in [0.25, 0.3) is 11.4 Å². The van der Waals surface area contributed by atoms with Gasteiger partial charge in [0.1, 0.15) is 0 Å². The Morgan fingerprint density at radius 1 is 1.33 bits per heavy atom. The molecule has 1 aromatic carbocycles. The Morgan fingerprint density at radius 2 is 2.04 bits per heavy atom. The number of rotatable bonds is 6. The summed E-state index contributed by atoms with van der Waals surface area (Å²) in [5.74, 6) is 0.345. The smallest absolute Gasteiger partial charge is 0.321 e. The number of carbonyl (C=O) groups excluding carboxylic acids is 2. The molecule has 2 N–H and O–H groups in total. The molecule has 0 spiro atoms. The minimum Gasteiger partial charge on any atom is -0.341 e. The second kappa shape index (κ2) is 8.65. The lowest BCUT2D eigenvalue weighted by molar-refractivity contribution is -0.117. The Bertz CT molecular complexity index is 745. The van der Waals surface area contributed by atoms with Crippen LogP contribution in [0.1, 0.15) is 0 Å². The molecular formula is C15H16BrN5O2S. The molecule has 0 unspecified atom stereocenters. The van der Waals surface area contributed by atoms with Gasteiger partial charge in [-0.3, -0.25) is 14.7 Å². The van der Waals surface area contributed by atoms with E-state index in [0.29, 0.717) is 17.5 Å². The third kappa shape index (κ3) is 4.68. The summed E-state index contributed by atoms with van der Waals surface area (Å²) in [6, 6.07) is 7.17. The van der Waals surface area contributed by atoms with Crippen molar-refractivity contribution in [1.29, 1.82) is 0 Å². The highest BCUT2D eigenvalue weighted by Crippen LogP contribution is 2.25. The zero-order chi connectivity index (χ0) is 17.5. The summed E-state index contributed by atoms with van der Waals surface area (Å²) >= 11 is 4.61. The molecule has 0 saturated heterocycles. The molecule has 0 aliphatic heterocycles. The van der Waals surface area contributed by atoms with Crippen molar-refractivity contribution in [2.75, 3.05) is 12.8 Å². The fourth-order valence-electron chi connectivity index (χ4n) is 1.86. The normalized spacial score (nSPS) is 10.2. The standard InChI is InChI=1S/C15H16BrN5O2S/c1-3-8-21-13(10-4-6-11(16)7-5-10)19-20-15(21)24-9-12(22)18-14(23)17-2/h3-7H,1,8-9H2,2H3,(H2,17,18,22,23). The number of allylic oxidation sites excluding steroid dienone is 1. The van der Waals surface area contributed by atoms with Crippen LogP contribution in [-0.2, 0) is 11.3 Å². The molecule has 0 fully saturated rings. The van der Waals surface area contributed by atoms with Crippen LogP contribution in [-0.4, -0.2) is 39.5 Å². The molecule has 7 nitrogen and oxygen atoms in total. The first kappa shape index (κ1) is 18.2. The molecule has 1 aromatic heterocycles. The average molecular weight is 410 g/mol. The van der Waals surface area contributed by atoms with Crippen molar-refractivity contribution in [3.63, 3.8) is 0 Å². The first-order chi connectivity index (χ1) is 11.5. The Balaban J connectivity index is 2.16. The predicted octanol–water partition coefficient (Wildman–Crippen LogP) is 2.44. The number of aromatic nitrogens is 3. The number of nitrogens with zero attached hydrogens (tertiary/aromatic N) is 3. The quantitative estimate of drug-likeness (QED) is 0.564. The van der Waals surface area contributed by atoms with E-state index in [1.807, 2.05) is 28.8 Å². The zero-order valence-corrected chi connectivity index (χ0v) is 15.4. The summed E-state index contributed by atoms with van der Waals surface area (Å²) in [7, 11) is 1.45. The van der Waals surface area contributed by atoms with E-state index in [9.17, 15) is 9.59 Å². The molecule has 0 aliphatic carbocycles. The van der Waals surface area contributed by atoms with Gasteiger partial charge in [0.25, 0.3) is 0 Å². The van der Waals surface area contributed by atoms with E-state index in [-0.39, 0.29) is 5.75 Å². The Labute approximate surface area is 152 Å². The number of nitrogens with one attached hydrogen (secondary N) is 2. The second-order valence-corrected chi connectivity index (χ2v) is 6.49. The summed E-state index contributed by atoms with van der Waals surface area (Å²) in [4.78, 5) is 22.8. The van der Waals surface area contributed by atoms with Crippen LogP contribution in [0.4, 0.5) is 4.79 Å². The number of thioether (sulfide) groups is 1. The van der Waals surface area contributed by atoms with Crippen molar-refractivity contribution < 1.29 is 9.59 Å². The summed E-state index contributed by atoms with van der Waals surface area (Å²) in [5.41, 5.74) is 0.911. The van der Waals surface area contributed by atoms with E-state index in [0.717, 1.165) is 10.0 Å². The molecule has 0 bridgehead atoms. The van der Waals surface area contributed by atoms with Gasteiger partial charge < -0.3 is 5.32 Å². The number of urea groups is 1. The summed E-state index contributed by atoms with van der Waals surface area (Å²) in [6.45, 7) is 4.26. The number of halogens is 1. The zero-order valence-electron chi connectivity index (χ0n) is 13.0. The number of amides is 3. The van der Waals surface area contributed by atoms with E-state index in [2.05, 4.69) is 43.3 Å². The van der Waals surface area contributed by atoms with E-state index in [1.54, 1.807) is 6.08 Å². The lowest BCUT2D eigenvalue weighted by Gasteiger charge is -2.08. The average Bonchev–Trinajstić information content (AvgIpc) is 2.97. The molecule has 126 valence electrons. The Morgan fingerprint density at radius 3 is 2.67 bits per heavy atom. The minimum atomic E-state index is -0.538. The van der Waals surface area contributed by atoms with Crippen LogP contribution in [0.15, 0.2) is 46.5 Å². The summed E-state index contributed by atoms with van der Waals surface area (Å²) < 4.78 is 2.84. The fraction of sp³-hybridized carbons (Fsp3) is 0.200. The van der Waals surface area contributed by atoms with Crippen molar-refractivity contribution >= 4 is 39.6 Å². The van der Waals surface area contributed by atoms with Crippen LogP contribution >= 0.6 is 27.7 Å². The molecular weight excluding hydrogens is 394 g/mol. The van der Waals surface area contributed by atoms with Crippen LogP contribution in [0, 0.1) is 0 Å². The molecule has 24 heavy (non-hydrogen) atoms. The molecule has 0 atom stereocenters. The largest absolute Gasteiger partial charge is 0.341 e. The van der Waals surface area contributed by atoms with Crippen molar-refractivity contribution in [3.05, 3.63) is 41.4 Å². The molecule has 3 amide bonds. The summed E-state index contributed by atoms with van der Waals surface area (Å²) in [5, 5.41) is 13.5. The number of hydrogen-bond acceptors (Lipinski definition) is 5. The highest BCUT2D eigenvalue weighted by Gasteiger charge is 2.15. The molecule has 0 aliphatic rings. The fourth-order valence-corrected chi connectivity index (χ4v) is 2.87. The maximum Gasteiger partial charge on any atom is 0.321 e.